The molecule has 7 heteroatoms. The second kappa shape index (κ2) is 6.52. The molecule has 1 aliphatic rings. The molecular formula is C18H20ClN5O. The lowest BCUT2D eigenvalue weighted by Gasteiger charge is -2.35. The summed E-state index contributed by atoms with van der Waals surface area (Å²) in [6.45, 7) is 3.82. The van der Waals surface area contributed by atoms with Crippen LogP contribution < -0.4 is 10.5 Å². The predicted octanol–water partition coefficient (Wildman–Crippen LogP) is 3.18. The molecule has 0 saturated carbocycles. The standard InChI is InChI=1S/C18H20ClN5O/c1-2-16-21-13-5-3-4-6-14(13)24(16)12-7-9-23(10-8-12)15-11-20-22-18(25)17(15)19/h3-6,11-12H,2,7-10H2,1H3,(H,22,25). The number of nitrogens with zero attached hydrogens (tertiary/aromatic N) is 4. The predicted molar refractivity (Wildman–Crippen MR) is 99.5 cm³/mol. The van der Waals surface area contributed by atoms with Gasteiger partial charge < -0.3 is 9.47 Å². The summed E-state index contributed by atoms with van der Waals surface area (Å²) in [5.74, 6) is 1.13. The zero-order valence-electron chi connectivity index (χ0n) is 14.1. The van der Waals surface area contributed by atoms with Gasteiger partial charge in [0, 0.05) is 25.6 Å². The highest BCUT2D eigenvalue weighted by molar-refractivity contribution is 6.33. The summed E-state index contributed by atoms with van der Waals surface area (Å²) in [6.07, 6.45) is 4.51. The Bertz CT molecular complexity index is 955. The van der Waals surface area contributed by atoms with Crippen LogP contribution in [0.15, 0.2) is 35.3 Å². The Hall–Kier alpha value is -2.34. The van der Waals surface area contributed by atoms with E-state index in [0.29, 0.717) is 6.04 Å². The maximum Gasteiger partial charge on any atom is 0.285 e. The maximum absolute atomic E-state index is 11.7. The maximum atomic E-state index is 11.7. The first-order chi connectivity index (χ1) is 12.2. The largest absolute Gasteiger partial charge is 0.369 e. The van der Waals surface area contributed by atoms with Crippen molar-refractivity contribution in [2.24, 2.45) is 0 Å². The molecule has 0 aliphatic carbocycles. The third kappa shape index (κ3) is 2.80. The molecule has 130 valence electrons. The van der Waals surface area contributed by atoms with Crippen LogP contribution in [0.2, 0.25) is 5.02 Å². The van der Waals surface area contributed by atoms with Gasteiger partial charge in [0.05, 0.1) is 22.9 Å². The molecule has 3 heterocycles. The lowest BCUT2D eigenvalue weighted by Crippen LogP contribution is -2.36. The molecule has 1 aliphatic heterocycles. The van der Waals surface area contributed by atoms with Crippen molar-refractivity contribution in [1.82, 2.24) is 19.7 Å². The number of aryl methyl sites for hydroxylation is 1. The third-order valence-electron chi connectivity index (χ3n) is 4.93. The summed E-state index contributed by atoms with van der Waals surface area (Å²) in [7, 11) is 0. The van der Waals surface area contributed by atoms with Crippen molar-refractivity contribution >= 4 is 28.3 Å². The van der Waals surface area contributed by atoms with E-state index >= 15 is 0 Å². The number of aromatic amines is 1. The average molecular weight is 358 g/mol. The van der Waals surface area contributed by atoms with Crippen molar-refractivity contribution in [1.29, 1.82) is 0 Å². The number of rotatable bonds is 3. The molecule has 0 amide bonds. The number of hydrogen-bond acceptors (Lipinski definition) is 4. The van der Waals surface area contributed by atoms with E-state index < -0.39 is 0 Å². The minimum atomic E-state index is -0.338. The fourth-order valence-electron chi connectivity index (χ4n) is 3.71. The van der Waals surface area contributed by atoms with Crippen molar-refractivity contribution < 1.29 is 0 Å². The minimum absolute atomic E-state index is 0.218. The van der Waals surface area contributed by atoms with Crippen LogP contribution >= 0.6 is 11.6 Å². The van der Waals surface area contributed by atoms with Crippen molar-refractivity contribution in [3.8, 4) is 0 Å². The molecule has 1 fully saturated rings. The Balaban J connectivity index is 1.60. The molecule has 0 spiro atoms. The second-order valence-corrected chi connectivity index (χ2v) is 6.73. The molecule has 0 bridgehead atoms. The van der Waals surface area contributed by atoms with E-state index in [4.69, 9.17) is 16.6 Å². The van der Waals surface area contributed by atoms with E-state index in [1.807, 2.05) is 6.07 Å². The van der Waals surface area contributed by atoms with Gasteiger partial charge in [0.1, 0.15) is 10.8 Å². The van der Waals surface area contributed by atoms with Gasteiger partial charge in [-0.3, -0.25) is 4.79 Å². The minimum Gasteiger partial charge on any atom is -0.369 e. The Morgan fingerprint density at radius 2 is 2.04 bits per heavy atom. The average Bonchev–Trinajstić information content (AvgIpc) is 3.03. The molecule has 3 aromatic rings. The SMILES string of the molecule is CCc1nc2ccccc2n1C1CCN(c2cn[nH]c(=O)c2Cl)CC1. The van der Waals surface area contributed by atoms with Gasteiger partial charge in [-0.05, 0) is 25.0 Å². The Labute approximate surface area is 150 Å². The van der Waals surface area contributed by atoms with Crippen molar-refractivity contribution in [3.05, 3.63) is 51.7 Å². The number of fused-ring (bicyclic) bond motifs is 1. The lowest BCUT2D eigenvalue weighted by molar-refractivity contribution is 0.395. The molecule has 1 N–H and O–H groups in total. The van der Waals surface area contributed by atoms with Gasteiger partial charge in [-0.2, -0.15) is 5.10 Å². The Kier molecular flexibility index (Phi) is 4.21. The van der Waals surface area contributed by atoms with E-state index in [0.717, 1.165) is 49.4 Å². The topological polar surface area (TPSA) is 66.8 Å². The molecule has 2 aromatic heterocycles. The van der Waals surface area contributed by atoms with Gasteiger partial charge >= 0.3 is 0 Å². The molecule has 25 heavy (non-hydrogen) atoms. The first-order valence-corrected chi connectivity index (χ1v) is 9.00. The molecule has 6 nitrogen and oxygen atoms in total. The number of para-hydroxylation sites is 2. The molecule has 0 radical (unpaired) electrons. The summed E-state index contributed by atoms with van der Waals surface area (Å²) < 4.78 is 2.39. The smallest absolute Gasteiger partial charge is 0.285 e. The molecule has 0 unspecified atom stereocenters. The van der Waals surface area contributed by atoms with E-state index in [2.05, 4.69) is 44.8 Å². The summed E-state index contributed by atoms with van der Waals surface area (Å²) in [5.41, 5.74) is 2.64. The van der Waals surface area contributed by atoms with Crippen molar-refractivity contribution in [2.45, 2.75) is 32.2 Å². The van der Waals surface area contributed by atoms with Gasteiger partial charge in [0.25, 0.3) is 5.56 Å². The fraction of sp³-hybridized carbons (Fsp3) is 0.389. The summed E-state index contributed by atoms with van der Waals surface area (Å²) in [5, 5.41) is 6.47. The Morgan fingerprint density at radius 3 is 2.80 bits per heavy atom. The number of benzene rings is 1. The van der Waals surface area contributed by atoms with E-state index in [1.54, 1.807) is 6.20 Å². The third-order valence-corrected chi connectivity index (χ3v) is 5.30. The Morgan fingerprint density at radius 1 is 1.28 bits per heavy atom. The summed E-state index contributed by atoms with van der Waals surface area (Å²) in [6, 6.07) is 8.72. The van der Waals surface area contributed by atoms with E-state index in [9.17, 15) is 4.79 Å². The number of piperidine rings is 1. The van der Waals surface area contributed by atoms with Gasteiger partial charge in [0.15, 0.2) is 0 Å². The fourth-order valence-corrected chi connectivity index (χ4v) is 3.92. The molecule has 1 aromatic carbocycles. The number of halogens is 1. The first kappa shape index (κ1) is 16.1. The molecular weight excluding hydrogens is 338 g/mol. The van der Waals surface area contributed by atoms with Crippen LogP contribution in [0.25, 0.3) is 11.0 Å². The highest BCUT2D eigenvalue weighted by Gasteiger charge is 2.25. The number of H-pyrrole nitrogens is 1. The molecule has 0 atom stereocenters. The quantitative estimate of drug-likeness (QED) is 0.781. The van der Waals surface area contributed by atoms with Crippen LogP contribution in [0.4, 0.5) is 5.69 Å². The van der Waals surface area contributed by atoms with Crippen molar-refractivity contribution in [2.75, 3.05) is 18.0 Å². The molecule has 4 rings (SSSR count). The van der Waals surface area contributed by atoms with Crippen LogP contribution in [0.5, 0.6) is 0 Å². The highest BCUT2D eigenvalue weighted by atomic mass is 35.5. The highest BCUT2D eigenvalue weighted by Crippen LogP contribution is 2.32. The van der Waals surface area contributed by atoms with Gasteiger partial charge in [-0.1, -0.05) is 30.7 Å². The number of hydrogen-bond donors (Lipinski definition) is 1. The second-order valence-electron chi connectivity index (χ2n) is 6.36. The van der Waals surface area contributed by atoms with Crippen molar-refractivity contribution in [3.63, 3.8) is 0 Å². The molecule has 1 saturated heterocycles. The van der Waals surface area contributed by atoms with Crippen LogP contribution in [-0.2, 0) is 6.42 Å². The van der Waals surface area contributed by atoms with Crippen LogP contribution in [-0.4, -0.2) is 32.8 Å². The van der Waals surface area contributed by atoms with Crippen LogP contribution in [0, 0.1) is 0 Å². The first-order valence-electron chi connectivity index (χ1n) is 8.63. The van der Waals surface area contributed by atoms with E-state index in [-0.39, 0.29) is 10.6 Å². The normalized spacial score (nSPS) is 15.8. The number of aromatic nitrogens is 4. The number of imidazole rings is 1. The number of anilines is 1. The van der Waals surface area contributed by atoms with E-state index in [1.165, 1.54) is 5.52 Å². The summed E-state index contributed by atoms with van der Waals surface area (Å²) >= 11 is 6.15. The zero-order chi connectivity index (χ0) is 17.4. The van der Waals surface area contributed by atoms with Gasteiger partial charge in [-0.25, -0.2) is 10.1 Å². The van der Waals surface area contributed by atoms with Crippen LogP contribution in [0.1, 0.15) is 31.6 Å². The zero-order valence-corrected chi connectivity index (χ0v) is 14.8. The summed E-state index contributed by atoms with van der Waals surface area (Å²) in [4.78, 5) is 18.6. The lowest BCUT2D eigenvalue weighted by atomic mass is 10.0. The monoisotopic (exact) mass is 357 g/mol. The van der Waals surface area contributed by atoms with Gasteiger partial charge in [0.2, 0.25) is 0 Å². The van der Waals surface area contributed by atoms with Gasteiger partial charge in [-0.15, -0.1) is 0 Å². The van der Waals surface area contributed by atoms with Crippen LogP contribution in [0.3, 0.4) is 0 Å². The number of nitrogens with one attached hydrogen (secondary N) is 1.